The van der Waals surface area contributed by atoms with Crippen LogP contribution < -0.4 is 4.74 Å². The van der Waals surface area contributed by atoms with Gasteiger partial charge in [-0.25, -0.2) is 9.37 Å². The van der Waals surface area contributed by atoms with Crippen LogP contribution in [0.3, 0.4) is 0 Å². The number of aromatic nitrogens is 5. The second-order valence-electron chi connectivity index (χ2n) is 6.67. The zero-order valence-corrected chi connectivity index (χ0v) is 14.6. The van der Waals surface area contributed by atoms with Gasteiger partial charge in [0.05, 0.1) is 18.7 Å². The molecule has 6 nitrogen and oxygen atoms in total. The first kappa shape index (κ1) is 15.9. The third kappa shape index (κ3) is 2.46. The SMILES string of the molecule is COc1ccccc1C1(c2nnc3ncc(-c4ccc(F)cc4)nn23)CC1. The molecule has 2 heterocycles. The zero-order valence-electron chi connectivity index (χ0n) is 14.6. The Hall–Kier alpha value is -3.35. The van der Waals surface area contributed by atoms with Crippen molar-refractivity contribution in [1.82, 2.24) is 24.8 Å². The minimum absolute atomic E-state index is 0.276. The molecule has 0 atom stereocenters. The summed E-state index contributed by atoms with van der Waals surface area (Å²) in [6.45, 7) is 0. The van der Waals surface area contributed by atoms with E-state index in [2.05, 4.69) is 26.3 Å². The number of ether oxygens (including phenoxy) is 1. The van der Waals surface area contributed by atoms with Crippen LogP contribution in [0, 0.1) is 5.82 Å². The van der Waals surface area contributed by atoms with Crippen molar-refractivity contribution in [3.05, 3.63) is 71.9 Å². The highest BCUT2D eigenvalue weighted by Crippen LogP contribution is 2.55. The predicted octanol–water partition coefficient (Wildman–Crippen LogP) is 3.41. The summed E-state index contributed by atoms with van der Waals surface area (Å²) in [6.07, 6.45) is 3.51. The van der Waals surface area contributed by atoms with E-state index < -0.39 is 0 Å². The summed E-state index contributed by atoms with van der Waals surface area (Å²) in [5, 5.41) is 13.3. The first-order valence-electron chi connectivity index (χ1n) is 8.70. The molecule has 1 aliphatic rings. The average molecular weight is 361 g/mol. The average Bonchev–Trinajstić information content (AvgIpc) is 3.40. The first-order valence-corrected chi connectivity index (χ1v) is 8.70. The molecule has 0 bridgehead atoms. The Morgan fingerprint density at radius 2 is 1.81 bits per heavy atom. The van der Waals surface area contributed by atoms with Crippen molar-refractivity contribution in [2.45, 2.75) is 18.3 Å². The molecular formula is C20H16FN5O. The van der Waals surface area contributed by atoms with Crippen molar-refractivity contribution in [2.24, 2.45) is 0 Å². The van der Waals surface area contributed by atoms with Gasteiger partial charge in [0.25, 0.3) is 5.78 Å². The quantitative estimate of drug-likeness (QED) is 0.557. The number of nitrogens with zero attached hydrogens (tertiary/aromatic N) is 5. The smallest absolute Gasteiger partial charge is 0.271 e. The first-order chi connectivity index (χ1) is 13.2. The van der Waals surface area contributed by atoms with E-state index in [1.165, 1.54) is 12.1 Å². The lowest BCUT2D eigenvalue weighted by atomic mass is 9.94. The number of hydrogen-bond acceptors (Lipinski definition) is 5. The van der Waals surface area contributed by atoms with Crippen molar-refractivity contribution in [3.8, 4) is 17.0 Å². The van der Waals surface area contributed by atoms with E-state index in [0.717, 1.165) is 35.5 Å². The van der Waals surface area contributed by atoms with Gasteiger partial charge in [0.2, 0.25) is 0 Å². The molecule has 5 rings (SSSR count). The number of benzene rings is 2. The molecule has 0 radical (unpaired) electrons. The summed E-state index contributed by atoms with van der Waals surface area (Å²) in [7, 11) is 1.67. The van der Waals surface area contributed by atoms with Gasteiger partial charge in [0, 0.05) is 11.1 Å². The van der Waals surface area contributed by atoms with Crippen LogP contribution in [0.15, 0.2) is 54.7 Å². The second kappa shape index (κ2) is 5.84. The van der Waals surface area contributed by atoms with E-state index in [4.69, 9.17) is 4.74 Å². The highest BCUT2D eigenvalue weighted by molar-refractivity contribution is 5.58. The van der Waals surface area contributed by atoms with Gasteiger partial charge in [0.1, 0.15) is 17.3 Å². The molecule has 1 aliphatic carbocycles. The molecule has 1 fully saturated rings. The van der Waals surface area contributed by atoms with Crippen LogP contribution in [0.2, 0.25) is 0 Å². The van der Waals surface area contributed by atoms with Crippen molar-refractivity contribution >= 4 is 5.78 Å². The lowest BCUT2D eigenvalue weighted by molar-refractivity contribution is 0.405. The van der Waals surface area contributed by atoms with Gasteiger partial charge in [-0.15, -0.1) is 10.2 Å². The third-order valence-corrected chi connectivity index (χ3v) is 5.07. The Labute approximate surface area is 154 Å². The van der Waals surface area contributed by atoms with Gasteiger partial charge < -0.3 is 4.74 Å². The Balaban J connectivity index is 1.66. The van der Waals surface area contributed by atoms with Gasteiger partial charge in [-0.2, -0.15) is 9.61 Å². The molecule has 2 aromatic carbocycles. The van der Waals surface area contributed by atoms with Gasteiger partial charge in [-0.1, -0.05) is 18.2 Å². The van der Waals surface area contributed by atoms with E-state index >= 15 is 0 Å². The van der Waals surface area contributed by atoms with Crippen LogP contribution in [0.4, 0.5) is 4.39 Å². The summed E-state index contributed by atoms with van der Waals surface area (Å²) < 4.78 is 20.5. The summed E-state index contributed by atoms with van der Waals surface area (Å²) in [4.78, 5) is 4.38. The fourth-order valence-electron chi connectivity index (χ4n) is 3.53. The summed E-state index contributed by atoms with van der Waals surface area (Å²) in [5.74, 6) is 1.73. The Morgan fingerprint density at radius 1 is 1.04 bits per heavy atom. The number of rotatable bonds is 4. The molecule has 0 unspecified atom stereocenters. The summed E-state index contributed by atoms with van der Waals surface area (Å²) >= 11 is 0. The van der Waals surface area contributed by atoms with Crippen molar-refractivity contribution in [2.75, 3.05) is 7.11 Å². The van der Waals surface area contributed by atoms with Gasteiger partial charge >= 0.3 is 0 Å². The zero-order chi connectivity index (χ0) is 18.4. The summed E-state index contributed by atoms with van der Waals surface area (Å²) in [5.41, 5.74) is 2.23. The highest BCUT2D eigenvalue weighted by Gasteiger charge is 2.51. The molecule has 0 spiro atoms. The van der Waals surface area contributed by atoms with Crippen molar-refractivity contribution < 1.29 is 9.13 Å². The molecule has 0 saturated heterocycles. The maximum absolute atomic E-state index is 13.2. The molecule has 4 aromatic rings. The number of para-hydroxylation sites is 1. The fraction of sp³-hybridized carbons (Fsp3) is 0.200. The van der Waals surface area contributed by atoms with Gasteiger partial charge in [-0.3, -0.25) is 0 Å². The molecule has 2 aromatic heterocycles. The monoisotopic (exact) mass is 361 g/mol. The third-order valence-electron chi connectivity index (χ3n) is 5.07. The van der Waals surface area contributed by atoms with Gasteiger partial charge in [-0.05, 0) is 43.2 Å². The maximum Gasteiger partial charge on any atom is 0.271 e. The van der Waals surface area contributed by atoms with E-state index in [1.807, 2.05) is 18.2 Å². The van der Waals surface area contributed by atoms with Crippen LogP contribution >= 0.6 is 0 Å². The number of methoxy groups -OCH3 is 1. The molecule has 0 amide bonds. The minimum atomic E-state index is -0.286. The lowest BCUT2D eigenvalue weighted by Gasteiger charge is -2.16. The number of fused-ring (bicyclic) bond motifs is 1. The van der Waals surface area contributed by atoms with Crippen LogP contribution in [0.1, 0.15) is 24.2 Å². The molecule has 1 saturated carbocycles. The molecular weight excluding hydrogens is 345 g/mol. The standard InChI is InChI=1S/C20H16FN5O/c1-27-17-5-3-2-4-15(17)20(10-11-20)18-23-24-19-22-12-16(25-26(18)19)13-6-8-14(21)9-7-13/h2-9,12H,10-11H2,1H3. The highest BCUT2D eigenvalue weighted by atomic mass is 19.1. The second-order valence-corrected chi connectivity index (χ2v) is 6.67. The van der Waals surface area contributed by atoms with Crippen LogP contribution in [0.5, 0.6) is 5.75 Å². The van der Waals surface area contributed by atoms with E-state index in [0.29, 0.717) is 11.5 Å². The predicted molar refractivity (Wildman–Crippen MR) is 97.0 cm³/mol. The van der Waals surface area contributed by atoms with Crippen LogP contribution in [-0.2, 0) is 5.41 Å². The van der Waals surface area contributed by atoms with E-state index in [-0.39, 0.29) is 11.2 Å². The molecule has 0 aliphatic heterocycles. The Morgan fingerprint density at radius 3 is 2.56 bits per heavy atom. The lowest BCUT2D eigenvalue weighted by Crippen LogP contribution is -2.16. The molecule has 27 heavy (non-hydrogen) atoms. The van der Waals surface area contributed by atoms with Crippen molar-refractivity contribution in [1.29, 1.82) is 0 Å². The fourth-order valence-corrected chi connectivity index (χ4v) is 3.53. The maximum atomic E-state index is 13.2. The Bertz CT molecular complexity index is 1130. The molecule has 7 heteroatoms. The van der Waals surface area contributed by atoms with Gasteiger partial charge in [0.15, 0.2) is 5.82 Å². The topological polar surface area (TPSA) is 65.2 Å². The normalized spacial score (nSPS) is 15.0. The van der Waals surface area contributed by atoms with Crippen LogP contribution in [-0.4, -0.2) is 31.9 Å². The van der Waals surface area contributed by atoms with Crippen LogP contribution in [0.25, 0.3) is 17.0 Å². The molecule has 0 N–H and O–H groups in total. The number of halogens is 1. The van der Waals surface area contributed by atoms with E-state index in [9.17, 15) is 4.39 Å². The van der Waals surface area contributed by atoms with Crippen molar-refractivity contribution in [3.63, 3.8) is 0 Å². The largest absolute Gasteiger partial charge is 0.496 e. The minimum Gasteiger partial charge on any atom is -0.496 e. The summed E-state index contributed by atoms with van der Waals surface area (Å²) in [6, 6.07) is 14.1. The van der Waals surface area contributed by atoms with E-state index in [1.54, 1.807) is 30.0 Å². The number of hydrogen-bond donors (Lipinski definition) is 0. The molecule has 134 valence electrons. The Kier molecular flexibility index (Phi) is 3.43.